The minimum atomic E-state index is -2.88. The van der Waals surface area contributed by atoms with E-state index in [1.54, 1.807) is 13.0 Å². The Morgan fingerprint density at radius 3 is 2.18 bits per heavy atom. The molecule has 8 heteroatoms. The van der Waals surface area contributed by atoms with E-state index in [1.165, 1.54) is 16.4 Å². The molecule has 0 saturated heterocycles. The predicted molar refractivity (Wildman–Crippen MR) is 179 cm³/mol. The molecular formula is C36H40N4O3Si. The Morgan fingerprint density at radius 1 is 0.955 bits per heavy atom. The lowest BCUT2D eigenvalue weighted by Gasteiger charge is -2.43. The van der Waals surface area contributed by atoms with Gasteiger partial charge >= 0.3 is 5.97 Å². The monoisotopic (exact) mass is 604 g/mol. The number of pyridine rings is 2. The zero-order valence-corrected chi connectivity index (χ0v) is 27.4. The number of nitrogens with zero attached hydrogens (tertiary/aromatic N) is 4. The third kappa shape index (κ3) is 6.00. The third-order valence-corrected chi connectivity index (χ3v) is 12.9. The topological polar surface area (TPSA) is 79.1 Å². The van der Waals surface area contributed by atoms with Crippen LogP contribution in [0.1, 0.15) is 51.4 Å². The van der Waals surface area contributed by atoms with Crippen molar-refractivity contribution in [3.63, 3.8) is 0 Å². The molecule has 0 aliphatic heterocycles. The smallest absolute Gasteiger partial charge is 0.330 e. The average molecular weight is 605 g/mol. The summed E-state index contributed by atoms with van der Waals surface area (Å²) < 4.78 is 14.5. The largest absolute Gasteiger partial charge is 0.463 e. The van der Waals surface area contributed by atoms with Crippen LogP contribution < -0.4 is 10.4 Å². The van der Waals surface area contributed by atoms with Gasteiger partial charge in [-0.05, 0) is 53.9 Å². The molecule has 0 aliphatic carbocycles. The molecule has 0 saturated carbocycles. The maximum absolute atomic E-state index is 12.6. The van der Waals surface area contributed by atoms with Crippen LogP contribution >= 0.6 is 0 Å². The van der Waals surface area contributed by atoms with E-state index >= 15 is 0 Å². The van der Waals surface area contributed by atoms with Gasteiger partial charge in [-0.1, -0.05) is 81.4 Å². The van der Waals surface area contributed by atoms with Crippen LogP contribution in [0.3, 0.4) is 0 Å². The lowest BCUT2D eigenvalue weighted by atomic mass is 9.96. The highest BCUT2D eigenvalue weighted by Crippen LogP contribution is 2.39. The molecular weight excluding hydrogens is 565 g/mol. The van der Waals surface area contributed by atoms with Gasteiger partial charge in [0, 0.05) is 47.1 Å². The second kappa shape index (κ2) is 13.1. The van der Waals surface area contributed by atoms with Crippen molar-refractivity contribution >= 4 is 41.8 Å². The van der Waals surface area contributed by atoms with Gasteiger partial charge in [0.1, 0.15) is 0 Å². The van der Waals surface area contributed by atoms with E-state index in [0.29, 0.717) is 13.2 Å². The van der Waals surface area contributed by atoms with E-state index in [1.807, 2.05) is 42.3 Å². The highest BCUT2D eigenvalue weighted by atomic mass is 28.4. The number of hydrogen-bond acceptors (Lipinski definition) is 6. The predicted octanol–water partition coefficient (Wildman–Crippen LogP) is 6.47. The molecule has 0 fully saturated rings. The highest BCUT2D eigenvalue weighted by molar-refractivity contribution is 6.99. The standard InChI is InChI=1S/C36H40N4O3Si/c1-7-40-35-31(24-38-40)34(27-21-26(3)22-37-23-27)30(19-20-33(41)42-8-2)32(39-35)25-43-44(36(4,5)6,28-15-11-9-12-16-28)29-17-13-10-14-18-29/h9-24H,7-8,25H2,1-6H3. The van der Waals surface area contributed by atoms with Crippen molar-refractivity contribution in [2.45, 2.75) is 59.7 Å². The molecule has 0 radical (unpaired) electrons. The van der Waals surface area contributed by atoms with E-state index in [4.69, 9.17) is 14.1 Å². The number of hydrogen-bond donors (Lipinski definition) is 0. The Bertz CT molecular complexity index is 1740. The average Bonchev–Trinajstić information content (AvgIpc) is 3.43. The van der Waals surface area contributed by atoms with Gasteiger partial charge in [0.05, 0.1) is 25.1 Å². The molecule has 0 amide bonds. The van der Waals surface area contributed by atoms with Gasteiger partial charge in [0.25, 0.3) is 8.32 Å². The van der Waals surface area contributed by atoms with Gasteiger partial charge in [-0.3, -0.25) is 4.98 Å². The van der Waals surface area contributed by atoms with E-state index in [2.05, 4.69) is 92.4 Å². The summed E-state index contributed by atoms with van der Waals surface area (Å²) in [5.41, 5.74) is 5.12. The number of ether oxygens (including phenoxy) is 1. The molecule has 5 aromatic rings. The van der Waals surface area contributed by atoms with E-state index in [0.717, 1.165) is 39.0 Å². The van der Waals surface area contributed by atoms with Crippen molar-refractivity contribution in [1.82, 2.24) is 19.7 Å². The van der Waals surface area contributed by atoms with E-state index in [-0.39, 0.29) is 11.6 Å². The SMILES string of the molecule is CCOC(=O)C=Cc1c(CO[Si](c2ccccc2)(c2ccccc2)C(C)(C)C)nc2c(cnn2CC)c1-c1cncc(C)c1. The molecule has 2 aromatic carbocycles. The van der Waals surface area contributed by atoms with Crippen LogP contribution in [0.2, 0.25) is 5.04 Å². The molecule has 0 aliphatic rings. The Labute approximate surface area is 260 Å². The lowest BCUT2D eigenvalue weighted by Crippen LogP contribution is -2.66. The van der Waals surface area contributed by atoms with Crippen molar-refractivity contribution in [2.24, 2.45) is 0 Å². The molecule has 44 heavy (non-hydrogen) atoms. The number of aromatic nitrogens is 4. The normalized spacial score (nSPS) is 12.2. The summed E-state index contributed by atoms with van der Waals surface area (Å²) in [6.07, 6.45) is 8.79. The molecule has 3 heterocycles. The summed E-state index contributed by atoms with van der Waals surface area (Å²) in [6, 6.07) is 23.2. The summed E-state index contributed by atoms with van der Waals surface area (Å²) in [7, 11) is -2.88. The van der Waals surface area contributed by atoms with Crippen LogP contribution in [-0.4, -0.2) is 40.6 Å². The minimum Gasteiger partial charge on any atom is -0.463 e. The number of carbonyl (C=O) groups is 1. The van der Waals surface area contributed by atoms with Crippen molar-refractivity contribution in [2.75, 3.05) is 6.61 Å². The highest BCUT2D eigenvalue weighted by Gasteiger charge is 2.50. The number of benzene rings is 2. The van der Waals surface area contributed by atoms with Gasteiger partial charge in [0.15, 0.2) is 5.65 Å². The summed E-state index contributed by atoms with van der Waals surface area (Å²) in [5, 5.41) is 7.70. The summed E-state index contributed by atoms with van der Waals surface area (Å²) >= 11 is 0. The fourth-order valence-corrected chi connectivity index (χ4v) is 10.5. The van der Waals surface area contributed by atoms with Crippen LogP contribution in [0, 0.1) is 6.92 Å². The number of fused-ring (bicyclic) bond motifs is 1. The number of aryl methyl sites for hydroxylation is 2. The van der Waals surface area contributed by atoms with Crippen LogP contribution in [0.4, 0.5) is 0 Å². The quantitative estimate of drug-likeness (QED) is 0.103. The molecule has 226 valence electrons. The number of rotatable bonds is 10. The van der Waals surface area contributed by atoms with Crippen LogP contribution in [0.25, 0.3) is 28.2 Å². The summed E-state index contributed by atoms with van der Waals surface area (Å²) in [5.74, 6) is -0.413. The molecule has 0 N–H and O–H groups in total. The van der Waals surface area contributed by atoms with E-state index < -0.39 is 14.3 Å². The third-order valence-electron chi connectivity index (χ3n) is 7.88. The Morgan fingerprint density at radius 2 is 1.61 bits per heavy atom. The van der Waals surface area contributed by atoms with Gasteiger partial charge < -0.3 is 9.16 Å². The maximum atomic E-state index is 12.6. The lowest BCUT2D eigenvalue weighted by molar-refractivity contribution is -0.137. The fraction of sp³-hybridized carbons (Fsp3) is 0.278. The first kappa shape index (κ1) is 31.0. The van der Waals surface area contributed by atoms with Gasteiger partial charge in [-0.15, -0.1) is 0 Å². The van der Waals surface area contributed by atoms with E-state index in [9.17, 15) is 4.79 Å². The summed E-state index contributed by atoms with van der Waals surface area (Å²) in [6.45, 7) is 13.8. The molecule has 0 unspecified atom stereocenters. The number of carbonyl (C=O) groups excluding carboxylic acids is 1. The summed E-state index contributed by atoms with van der Waals surface area (Å²) in [4.78, 5) is 22.3. The van der Waals surface area contributed by atoms with Crippen LogP contribution in [0.5, 0.6) is 0 Å². The van der Waals surface area contributed by atoms with Crippen LogP contribution in [-0.2, 0) is 27.1 Å². The van der Waals surface area contributed by atoms with Crippen molar-refractivity contribution in [1.29, 1.82) is 0 Å². The molecule has 7 nitrogen and oxygen atoms in total. The zero-order chi connectivity index (χ0) is 31.3. The minimum absolute atomic E-state index is 0.213. The first-order chi connectivity index (χ1) is 21.2. The Kier molecular flexibility index (Phi) is 9.22. The Balaban J connectivity index is 1.77. The zero-order valence-electron chi connectivity index (χ0n) is 26.4. The van der Waals surface area contributed by atoms with Gasteiger partial charge in [-0.25, -0.2) is 14.5 Å². The molecule has 0 atom stereocenters. The van der Waals surface area contributed by atoms with Crippen molar-refractivity contribution in [3.05, 3.63) is 108 Å². The fourth-order valence-electron chi connectivity index (χ4n) is 5.95. The van der Waals surface area contributed by atoms with Crippen LogP contribution in [0.15, 0.2) is 91.4 Å². The van der Waals surface area contributed by atoms with Crippen molar-refractivity contribution in [3.8, 4) is 11.1 Å². The second-order valence-electron chi connectivity index (χ2n) is 11.8. The molecule has 0 bridgehead atoms. The van der Waals surface area contributed by atoms with Gasteiger partial charge in [0.2, 0.25) is 0 Å². The first-order valence-corrected chi connectivity index (χ1v) is 17.0. The van der Waals surface area contributed by atoms with Crippen molar-refractivity contribution < 1.29 is 14.0 Å². The van der Waals surface area contributed by atoms with Gasteiger partial charge in [-0.2, -0.15) is 5.10 Å². The molecule has 0 spiro atoms. The molecule has 3 aromatic heterocycles. The second-order valence-corrected chi connectivity index (χ2v) is 16.1. The molecule has 5 rings (SSSR count). The first-order valence-electron chi connectivity index (χ1n) is 15.1. The number of esters is 1. The maximum Gasteiger partial charge on any atom is 0.330 e. The Hall–Kier alpha value is -4.40.